The number of carbonyl (C=O) groups is 1. The standard InChI is InChI=1S/C19H17NO/c1-13-9-14(2)11-15(10-13)12-18(21)17-7-3-5-16-6-4-8-20-19(16)17/h3-11H,12H2,1-2H3. The van der Waals surface area contributed by atoms with E-state index in [0.29, 0.717) is 12.0 Å². The van der Waals surface area contributed by atoms with Crippen molar-refractivity contribution in [1.82, 2.24) is 4.98 Å². The van der Waals surface area contributed by atoms with E-state index in [-0.39, 0.29) is 5.78 Å². The Hall–Kier alpha value is -2.48. The number of nitrogens with zero attached hydrogens (tertiary/aromatic N) is 1. The smallest absolute Gasteiger partial charge is 0.169 e. The molecular weight excluding hydrogens is 258 g/mol. The highest BCUT2D eigenvalue weighted by atomic mass is 16.1. The van der Waals surface area contributed by atoms with Gasteiger partial charge in [-0.25, -0.2) is 0 Å². The van der Waals surface area contributed by atoms with Crippen LogP contribution in [0.15, 0.2) is 54.7 Å². The van der Waals surface area contributed by atoms with Crippen molar-refractivity contribution in [3.05, 3.63) is 77.0 Å². The van der Waals surface area contributed by atoms with Crippen LogP contribution in [-0.4, -0.2) is 10.8 Å². The Labute approximate surface area is 124 Å². The Morgan fingerprint density at radius 2 is 1.71 bits per heavy atom. The highest BCUT2D eigenvalue weighted by Gasteiger charge is 2.12. The lowest BCUT2D eigenvalue weighted by molar-refractivity contribution is 0.0994. The predicted octanol–water partition coefficient (Wildman–Crippen LogP) is 4.28. The van der Waals surface area contributed by atoms with Crippen LogP contribution in [0.25, 0.3) is 10.9 Å². The molecule has 2 nitrogen and oxygen atoms in total. The third-order valence-corrected chi connectivity index (χ3v) is 3.58. The van der Waals surface area contributed by atoms with Crippen LogP contribution in [0.4, 0.5) is 0 Å². The van der Waals surface area contributed by atoms with Crippen LogP contribution in [0, 0.1) is 13.8 Å². The maximum atomic E-state index is 12.6. The number of pyridine rings is 1. The van der Waals surface area contributed by atoms with Crippen molar-refractivity contribution < 1.29 is 4.79 Å². The van der Waals surface area contributed by atoms with E-state index >= 15 is 0 Å². The maximum Gasteiger partial charge on any atom is 0.169 e. The number of benzene rings is 2. The fourth-order valence-corrected chi connectivity index (χ4v) is 2.78. The Bertz CT molecular complexity index is 795. The van der Waals surface area contributed by atoms with E-state index in [2.05, 4.69) is 37.0 Å². The minimum atomic E-state index is 0.115. The molecule has 3 aromatic rings. The molecule has 0 saturated heterocycles. The molecule has 104 valence electrons. The third-order valence-electron chi connectivity index (χ3n) is 3.58. The number of ketones is 1. The molecule has 3 rings (SSSR count). The predicted molar refractivity (Wildman–Crippen MR) is 85.7 cm³/mol. The zero-order valence-corrected chi connectivity index (χ0v) is 12.3. The molecule has 2 heteroatoms. The minimum absolute atomic E-state index is 0.115. The number of fused-ring (bicyclic) bond motifs is 1. The molecule has 0 atom stereocenters. The summed E-state index contributed by atoms with van der Waals surface area (Å²) < 4.78 is 0. The molecule has 0 radical (unpaired) electrons. The summed E-state index contributed by atoms with van der Waals surface area (Å²) in [6.07, 6.45) is 2.15. The number of rotatable bonds is 3. The van der Waals surface area contributed by atoms with Gasteiger partial charge in [-0.15, -0.1) is 0 Å². The lowest BCUT2D eigenvalue weighted by Crippen LogP contribution is -2.05. The van der Waals surface area contributed by atoms with E-state index in [9.17, 15) is 4.79 Å². The van der Waals surface area contributed by atoms with Gasteiger partial charge >= 0.3 is 0 Å². The number of hydrogen-bond donors (Lipinski definition) is 0. The number of aryl methyl sites for hydroxylation is 2. The maximum absolute atomic E-state index is 12.6. The average Bonchev–Trinajstić information content (AvgIpc) is 2.45. The fourth-order valence-electron chi connectivity index (χ4n) is 2.78. The fraction of sp³-hybridized carbons (Fsp3) is 0.158. The number of hydrogen-bond acceptors (Lipinski definition) is 2. The van der Waals surface area contributed by atoms with E-state index in [0.717, 1.165) is 16.5 Å². The molecule has 0 bridgehead atoms. The van der Waals surface area contributed by atoms with Gasteiger partial charge in [0.05, 0.1) is 5.52 Å². The lowest BCUT2D eigenvalue weighted by atomic mass is 9.98. The second-order valence-electron chi connectivity index (χ2n) is 5.48. The summed E-state index contributed by atoms with van der Waals surface area (Å²) in [5.74, 6) is 0.115. The van der Waals surface area contributed by atoms with Crippen molar-refractivity contribution >= 4 is 16.7 Å². The van der Waals surface area contributed by atoms with Crippen molar-refractivity contribution in [2.75, 3.05) is 0 Å². The summed E-state index contributed by atoms with van der Waals surface area (Å²) in [7, 11) is 0. The van der Waals surface area contributed by atoms with Crippen molar-refractivity contribution in [3.63, 3.8) is 0 Å². The monoisotopic (exact) mass is 275 g/mol. The summed E-state index contributed by atoms with van der Waals surface area (Å²) in [5, 5.41) is 1.00. The van der Waals surface area contributed by atoms with E-state index in [1.165, 1.54) is 11.1 Å². The highest BCUT2D eigenvalue weighted by Crippen LogP contribution is 2.19. The van der Waals surface area contributed by atoms with Gasteiger partial charge in [0.1, 0.15) is 0 Å². The SMILES string of the molecule is Cc1cc(C)cc(CC(=O)c2cccc3cccnc23)c1. The Kier molecular flexibility index (Phi) is 3.53. The first-order chi connectivity index (χ1) is 10.1. The molecule has 0 aliphatic rings. The van der Waals surface area contributed by atoms with Crippen molar-refractivity contribution in [3.8, 4) is 0 Å². The molecule has 1 heterocycles. The van der Waals surface area contributed by atoms with Gasteiger partial charge in [0.15, 0.2) is 5.78 Å². The normalized spacial score (nSPS) is 10.8. The quantitative estimate of drug-likeness (QED) is 0.668. The van der Waals surface area contributed by atoms with Crippen molar-refractivity contribution in [2.24, 2.45) is 0 Å². The molecule has 21 heavy (non-hydrogen) atoms. The molecule has 0 fully saturated rings. The molecule has 0 N–H and O–H groups in total. The molecule has 0 spiro atoms. The van der Waals surface area contributed by atoms with Gasteiger partial charge in [0, 0.05) is 23.6 Å². The zero-order chi connectivity index (χ0) is 14.8. The summed E-state index contributed by atoms with van der Waals surface area (Å²) in [6, 6.07) is 15.9. The van der Waals surface area contributed by atoms with Crippen LogP contribution in [-0.2, 0) is 6.42 Å². The molecule has 0 aliphatic heterocycles. The number of para-hydroxylation sites is 1. The van der Waals surface area contributed by atoms with Crippen molar-refractivity contribution in [1.29, 1.82) is 0 Å². The third kappa shape index (κ3) is 2.84. The summed E-state index contributed by atoms with van der Waals surface area (Å²) in [6.45, 7) is 4.11. The second-order valence-corrected chi connectivity index (χ2v) is 5.48. The Balaban J connectivity index is 1.97. The molecular formula is C19H17NO. The number of Topliss-reactive ketones (excluding diaryl/α,β-unsaturated/α-hetero) is 1. The van der Waals surface area contributed by atoms with Gasteiger partial charge in [0.2, 0.25) is 0 Å². The topological polar surface area (TPSA) is 30.0 Å². The molecule has 0 amide bonds. The second kappa shape index (κ2) is 5.49. The number of carbonyl (C=O) groups excluding carboxylic acids is 1. The summed E-state index contributed by atoms with van der Waals surface area (Å²) in [5.41, 5.74) is 4.93. The van der Waals surface area contributed by atoms with Crippen LogP contribution in [0.2, 0.25) is 0 Å². The van der Waals surface area contributed by atoms with Gasteiger partial charge in [-0.3, -0.25) is 9.78 Å². The molecule has 0 saturated carbocycles. The minimum Gasteiger partial charge on any atom is -0.294 e. The van der Waals surface area contributed by atoms with E-state index in [4.69, 9.17) is 0 Å². The van der Waals surface area contributed by atoms with E-state index in [1.54, 1.807) is 6.20 Å². The first kappa shape index (κ1) is 13.5. The van der Waals surface area contributed by atoms with Gasteiger partial charge in [-0.1, -0.05) is 47.5 Å². The van der Waals surface area contributed by atoms with E-state index in [1.807, 2.05) is 30.3 Å². The van der Waals surface area contributed by atoms with Gasteiger partial charge < -0.3 is 0 Å². The van der Waals surface area contributed by atoms with Crippen LogP contribution in [0.3, 0.4) is 0 Å². The first-order valence-electron chi connectivity index (χ1n) is 7.07. The highest BCUT2D eigenvalue weighted by molar-refractivity contribution is 6.07. The largest absolute Gasteiger partial charge is 0.294 e. The van der Waals surface area contributed by atoms with Gasteiger partial charge in [-0.05, 0) is 31.5 Å². The Morgan fingerprint density at radius 1 is 1.00 bits per heavy atom. The molecule has 2 aromatic carbocycles. The van der Waals surface area contributed by atoms with Crippen LogP contribution >= 0.6 is 0 Å². The summed E-state index contributed by atoms with van der Waals surface area (Å²) >= 11 is 0. The molecule has 0 aliphatic carbocycles. The number of aromatic nitrogens is 1. The van der Waals surface area contributed by atoms with Crippen LogP contribution < -0.4 is 0 Å². The first-order valence-corrected chi connectivity index (χ1v) is 7.07. The van der Waals surface area contributed by atoms with Crippen molar-refractivity contribution in [2.45, 2.75) is 20.3 Å². The molecule has 1 aromatic heterocycles. The molecule has 0 unspecified atom stereocenters. The summed E-state index contributed by atoms with van der Waals surface area (Å²) in [4.78, 5) is 17.0. The van der Waals surface area contributed by atoms with Gasteiger partial charge in [0.25, 0.3) is 0 Å². The zero-order valence-electron chi connectivity index (χ0n) is 12.3. The average molecular weight is 275 g/mol. The van der Waals surface area contributed by atoms with Crippen LogP contribution in [0.1, 0.15) is 27.0 Å². The lowest BCUT2D eigenvalue weighted by Gasteiger charge is -2.07. The van der Waals surface area contributed by atoms with Gasteiger partial charge in [-0.2, -0.15) is 0 Å². The van der Waals surface area contributed by atoms with Crippen LogP contribution in [0.5, 0.6) is 0 Å². The van der Waals surface area contributed by atoms with E-state index < -0.39 is 0 Å². The Morgan fingerprint density at radius 3 is 2.48 bits per heavy atom.